The summed E-state index contributed by atoms with van der Waals surface area (Å²) in [4.78, 5) is 22.7. The van der Waals surface area contributed by atoms with E-state index >= 15 is 0 Å². The quantitative estimate of drug-likeness (QED) is 0.310. The van der Waals surface area contributed by atoms with Crippen LogP contribution in [0, 0.1) is 11.6 Å². The first-order valence-electron chi connectivity index (χ1n) is 8.93. The van der Waals surface area contributed by atoms with Crippen LogP contribution >= 0.6 is 0 Å². The molecule has 3 rings (SSSR count). The molecule has 0 radical (unpaired) electrons. The second kappa shape index (κ2) is 8.73. The van der Waals surface area contributed by atoms with Crippen molar-refractivity contribution in [2.75, 3.05) is 0 Å². The molecule has 1 aromatic heterocycles. The van der Waals surface area contributed by atoms with Gasteiger partial charge in [-0.1, -0.05) is 25.3 Å². The number of hydrogen-bond donors (Lipinski definition) is 0. The normalized spacial score (nSPS) is 10.6. The summed E-state index contributed by atoms with van der Waals surface area (Å²) in [6.07, 6.45) is 1.15. The number of rotatable bonds is 7. The summed E-state index contributed by atoms with van der Waals surface area (Å²) in [5.41, 5.74) is 0.785. The van der Waals surface area contributed by atoms with Crippen LogP contribution in [0.15, 0.2) is 65.6 Å². The maximum absolute atomic E-state index is 14.5. The Hall–Kier alpha value is -3.74. The van der Waals surface area contributed by atoms with E-state index in [1.807, 2.05) is 0 Å². The SMILES string of the molecule is C=CC(=O)Oc1ccc(Cc2cc3cc(COC(=O)C(=C)C)oc3c(F)c2F)cc1. The van der Waals surface area contributed by atoms with Gasteiger partial charge in [-0.2, -0.15) is 4.39 Å². The summed E-state index contributed by atoms with van der Waals surface area (Å²) in [7, 11) is 0. The molecule has 0 bridgehead atoms. The minimum absolute atomic E-state index is 0.111. The van der Waals surface area contributed by atoms with Gasteiger partial charge < -0.3 is 13.9 Å². The zero-order valence-electron chi connectivity index (χ0n) is 16.2. The summed E-state index contributed by atoms with van der Waals surface area (Å²) < 4.78 is 44.3. The van der Waals surface area contributed by atoms with Crippen LogP contribution in [0.1, 0.15) is 23.8 Å². The van der Waals surface area contributed by atoms with E-state index in [-0.39, 0.29) is 35.5 Å². The van der Waals surface area contributed by atoms with Crippen LogP contribution in [0.3, 0.4) is 0 Å². The van der Waals surface area contributed by atoms with Crippen molar-refractivity contribution in [3.63, 3.8) is 0 Å². The minimum Gasteiger partial charge on any atom is -0.454 e. The average molecular weight is 412 g/mol. The number of furan rings is 1. The van der Waals surface area contributed by atoms with Crippen LogP contribution in [0.25, 0.3) is 11.0 Å². The molecule has 0 spiro atoms. The number of benzene rings is 2. The monoisotopic (exact) mass is 412 g/mol. The molecular formula is C23H18F2O5. The van der Waals surface area contributed by atoms with Gasteiger partial charge >= 0.3 is 11.9 Å². The Labute approximate surface area is 171 Å². The van der Waals surface area contributed by atoms with Gasteiger partial charge in [-0.25, -0.2) is 14.0 Å². The number of ether oxygens (including phenoxy) is 2. The summed E-state index contributed by atoms with van der Waals surface area (Å²) in [5, 5.41) is 0.349. The van der Waals surface area contributed by atoms with Crippen molar-refractivity contribution in [1.82, 2.24) is 0 Å². The molecule has 0 saturated carbocycles. The van der Waals surface area contributed by atoms with Gasteiger partial charge in [-0.3, -0.25) is 0 Å². The number of carbonyl (C=O) groups is 2. The van der Waals surface area contributed by atoms with Crippen molar-refractivity contribution in [1.29, 1.82) is 0 Å². The van der Waals surface area contributed by atoms with Crippen LogP contribution in [0.5, 0.6) is 5.75 Å². The van der Waals surface area contributed by atoms with E-state index in [0.29, 0.717) is 16.7 Å². The summed E-state index contributed by atoms with van der Waals surface area (Å²) >= 11 is 0. The summed E-state index contributed by atoms with van der Waals surface area (Å²) in [6.45, 7) is 8.06. The van der Waals surface area contributed by atoms with Crippen LogP contribution in [0.4, 0.5) is 8.78 Å². The van der Waals surface area contributed by atoms with E-state index in [1.165, 1.54) is 19.1 Å². The molecule has 0 saturated heterocycles. The topological polar surface area (TPSA) is 65.7 Å². The predicted octanol–water partition coefficient (Wildman–Crippen LogP) is 5.01. The fraction of sp³-hybridized carbons (Fsp3) is 0.130. The minimum atomic E-state index is -1.11. The van der Waals surface area contributed by atoms with E-state index in [9.17, 15) is 18.4 Å². The Morgan fingerprint density at radius 1 is 1.13 bits per heavy atom. The second-order valence-electron chi connectivity index (χ2n) is 6.60. The number of esters is 2. The van der Waals surface area contributed by atoms with Crippen LogP contribution < -0.4 is 4.74 Å². The molecule has 30 heavy (non-hydrogen) atoms. The summed E-state index contributed by atoms with van der Waals surface area (Å²) in [5.74, 6) is -2.84. The van der Waals surface area contributed by atoms with Gasteiger partial charge in [-0.15, -0.1) is 0 Å². The smallest absolute Gasteiger partial charge is 0.335 e. The van der Waals surface area contributed by atoms with E-state index < -0.39 is 23.6 Å². The van der Waals surface area contributed by atoms with Gasteiger partial charge in [0, 0.05) is 23.5 Å². The third-order valence-corrected chi connectivity index (χ3v) is 4.21. The van der Waals surface area contributed by atoms with Crippen molar-refractivity contribution in [2.24, 2.45) is 0 Å². The van der Waals surface area contributed by atoms with Crippen LogP contribution in [-0.2, 0) is 27.4 Å². The first-order chi connectivity index (χ1) is 14.3. The number of fused-ring (bicyclic) bond motifs is 1. The van der Waals surface area contributed by atoms with Crippen molar-refractivity contribution in [2.45, 2.75) is 20.0 Å². The molecule has 0 atom stereocenters. The average Bonchev–Trinajstić information content (AvgIpc) is 3.14. The van der Waals surface area contributed by atoms with E-state index in [4.69, 9.17) is 13.9 Å². The van der Waals surface area contributed by atoms with Gasteiger partial charge in [0.2, 0.25) is 5.82 Å². The Bertz CT molecular complexity index is 1140. The fourth-order valence-corrected chi connectivity index (χ4v) is 2.74. The molecule has 2 aromatic carbocycles. The highest BCUT2D eigenvalue weighted by Gasteiger charge is 2.18. The standard InChI is InChI=1S/C23H18F2O5/c1-4-19(26)29-17-7-5-14(6-8-17)9-15-10-16-11-18(12-28-23(27)13(2)3)30-22(16)21(25)20(15)24/h4-8,10-11H,1-2,9,12H2,3H3. The lowest BCUT2D eigenvalue weighted by molar-refractivity contribution is -0.140. The molecule has 0 aliphatic heterocycles. The number of carbonyl (C=O) groups excluding carboxylic acids is 2. The summed E-state index contributed by atoms with van der Waals surface area (Å²) in [6, 6.07) is 9.36. The van der Waals surface area contributed by atoms with Gasteiger partial charge in [0.15, 0.2) is 11.4 Å². The molecule has 7 heteroatoms. The largest absolute Gasteiger partial charge is 0.454 e. The Morgan fingerprint density at radius 3 is 2.47 bits per heavy atom. The maximum Gasteiger partial charge on any atom is 0.335 e. The molecule has 154 valence electrons. The van der Waals surface area contributed by atoms with Gasteiger partial charge in [0.05, 0.1) is 0 Å². The zero-order valence-corrected chi connectivity index (χ0v) is 16.2. The Morgan fingerprint density at radius 2 is 1.83 bits per heavy atom. The molecule has 0 fully saturated rings. The van der Waals surface area contributed by atoms with Crippen molar-refractivity contribution in [3.05, 3.63) is 89.7 Å². The Balaban J connectivity index is 1.81. The van der Waals surface area contributed by atoms with Crippen molar-refractivity contribution >= 4 is 22.9 Å². The van der Waals surface area contributed by atoms with E-state index in [2.05, 4.69) is 13.2 Å². The molecule has 1 heterocycles. The van der Waals surface area contributed by atoms with Crippen LogP contribution in [0.2, 0.25) is 0 Å². The van der Waals surface area contributed by atoms with Gasteiger partial charge in [0.1, 0.15) is 18.1 Å². The lowest BCUT2D eigenvalue weighted by Crippen LogP contribution is -2.04. The molecule has 5 nitrogen and oxygen atoms in total. The number of hydrogen-bond acceptors (Lipinski definition) is 5. The second-order valence-corrected chi connectivity index (χ2v) is 6.60. The molecule has 0 N–H and O–H groups in total. The molecule has 0 aliphatic rings. The first kappa shape index (κ1) is 21.0. The molecular weight excluding hydrogens is 394 g/mol. The lowest BCUT2D eigenvalue weighted by atomic mass is 10.0. The highest BCUT2D eigenvalue weighted by atomic mass is 19.2. The third-order valence-electron chi connectivity index (χ3n) is 4.21. The van der Waals surface area contributed by atoms with Crippen molar-refractivity contribution < 1.29 is 32.3 Å². The highest BCUT2D eigenvalue weighted by Crippen LogP contribution is 2.29. The maximum atomic E-state index is 14.5. The molecule has 3 aromatic rings. The highest BCUT2D eigenvalue weighted by molar-refractivity contribution is 5.87. The van der Waals surface area contributed by atoms with E-state index in [1.54, 1.807) is 24.3 Å². The predicted molar refractivity (Wildman–Crippen MR) is 106 cm³/mol. The first-order valence-corrected chi connectivity index (χ1v) is 8.93. The number of halogens is 2. The van der Waals surface area contributed by atoms with E-state index in [0.717, 1.165) is 6.08 Å². The van der Waals surface area contributed by atoms with Crippen molar-refractivity contribution in [3.8, 4) is 5.75 Å². The van der Waals surface area contributed by atoms with Crippen LogP contribution in [-0.4, -0.2) is 11.9 Å². The third kappa shape index (κ3) is 4.63. The zero-order chi connectivity index (χ0) is 21.8. The lowest BCUT2D eigenvalue weighted by Gasteiger charge is -2.07. The fourth-order valence-electron chi connectivity index (χ4n) is 2.74. The molecule has 0 aliphatic carbocycles. The van der Waals surface area contributed by atoms with Gasteiger partial charge in [-0.05, 0) is 42.3 Å². The molecule has 0 amide bonds. The van der Waals surface area contributed by atoms with Gasteiger partial charge in [0.25, 0.3) is 0 Å². The Kier molecular flexibility index (Phi) is 6.11. The molecule has 0 unspecified atom stereocenters.